The molecule has 1 aromatic heterocycles. The van der Waals surface area contributed by atoms with Crippen LogP contribution < -0.4 is 5.69 Å². The SMILES string of the molecule is Cn1nnn(-c2cc([N+](=O)[O-])ccc2Br)c1=O. The van der Waals surface area contributed by atoms with E-state index in [9.17, 15) is 14.9 Å². The molecule has 0 aliphatic heterocycles. The predicted octanol–water partition coefficient (Wildman–Crippen LogP) is 0.637. The molecule has 0 amide bonds. The van der Waals surface area contributed by atoms with Crippen LogP contribution in [0.15, 0.2) is 27.5 Å². The van der Waals surface area contributed by atoms with E-state index in [0.29, 0.717) is 4.47 Å². The van der Waals surface area contributed by atoms with Crippen LogP contribution >= 0.6 is 15.9 Å². The third-order valence-corrected chi connectivity index (χ3v) is 2.76. The van der Waals surface area contributed by atoms with Crippen LogP contribution in [0.3, 0.4) is 0 Å². The average Bonchev–Trinajstić information content (AvgIpc) is 2.60. The maximum absolute atomic E-state index is 11.6. The molecule has 0 spiro atoms. The lowest BCUT2D eigenvalue weighted by Gasteiger charge is -2.01. The molecule has 0 saturated heterocycles. The van der Waals surface area contributed by atoms with Gasteiger partial charge in [0.2, 0.25) is 0 Å². The summed E-state index contributed by atoms with van der Waals surface area (Å²) in [5, 5.41) is 17.8. The summed E-state index contributed by atoms with van der Waals surface area (Å²) in [6, 6.07) is 4.06. The highest BCUT2D eigenvalue weighted by atomic mass is 79.9. The summed E-state index contributed by atoms with van der Waals surface area (Å²) in [5.41, 5.74) is -0.329. The quantitative estimate of drug-likeness (QED) is 0.599. The second-order valence-electron chi connectivity index (χ2n) is 3.19. The van der Waals surface area contributed by atoms with Gasteiger partial charge in [0.25, 0.3) is 5.69 Å². The van der Waals surface area contributed by atoms with E-state index < -0.39 is 10.6 Å². The van der Waals surface area contributed by atoms with Gasteiger partial charge in [-0.3, -0.25) is 10.1 Å². The summed E-state index contributed by atoms with van der Waals surface area (Å²) in [6.07, 6.45) is 0. The van der Waals surface area contributed by atoms with Crippen molar-refractivity contribution in [2.24, 2.45) is 7.05 Å². The number of aromatic nitrogens is 4. The van der Waals surface area contributed by atoms with E-state index in [-0.39, 0.29) is 11.4 Å². The van der Waals surface area contributed by atoms with Crippen LogP contribution in [0.1, 0.15) is 0 Å². The number of hydrogen-bond donors (Lipinski definition) is 0. The highest BCUT2D eigenvalue weighted by Gasteiger charge is 2.14. The normalized spacial score (nSPS) is 10.5. The molecule has 0 fully saturated rings. The summed E-state index contributed by atoms with van der Waals surface area (Å²) < 4.78 is 2.54. The van der Waals surface area contributed by atoms with Crippen LogP contribution in [0.4, 0.5) is 5.69 Å². The van der Waals surface area contributed by atoms with Crippen molar-refractivity contribution in [2.45, 2.75) is 0 Å². The molecule has 0 unspecified atom stereocenters. The number of halogens is 1. The van der Waals surface area contributed by atoms with E-state index in [1.54, 1.807) is 0 Å². The van der Waals surface area contributed by atoms with Crippen molar-refractivity contribution in [1.29, 1.82) is 0 Å². The second kappa shape index (κ2) is 4.09. The van der Waals surface area contributed by atoms with Gasteiger partial charge in [0.15, 0.2) is 0 Å². The van der Waals surface area contributed by atoms with Crippen LogP contribution in [0, 0.1) is 10.1 Å². The van der Waals surface area contributed by atoms with Crippen LogP contribution in [0.5, 0.6) is 0 Å². The lowest BCUT2D eigenvalue weighted by Crippen LogP contribution is -2.22. The predicted molar refractivity (Wildman–Crippen MR) is 61.0 cm³/mol. The fourth-order valence-electron chi connectivity index (χ4n) is 1.24. The van der Waals surface area contributed by atoms with Crippen molar-refractivity contribution >= 4 is 21.6 Å². The maximum Gasteiger partial charge on any atom is 0.368 e. The molecule has 8 nitrogen and oxygen atoms in total. The molecule has 1 aromatic carbocycles. The zero-order valence-electron chi connectivity index (χ0n) is 8.57. The minimum atomic E-state index is -0.544. The Balaban J connectivity index is 2.66. The van der Waals surface area contributed by atoms with Crippen molar-refractivity contribution in [3.05, 3.63) is 43.3 Å². The summed E-state index contributed by atoms with van der Waals surface area (Å²) in [4.78, 5) is 21.7. The Hall–Kier alpha value is -2.03. The van der Waals surface area contributed by atoms with Gasteiger partial charge < -0.3 is 0 Å². The van der Waals surface area contributed by atoms with Crippen LogP contribution in [0.25, 0.3) is 5.69 Å². The first-order valence-electron chi connectivity index (χ1n) is 4.44. The largest absolute Gasteiger partial charge is 0.368 e. The number of hydrogen-bond acceptors (Lipinski definition) is 5. The molecule has 88 valence electrons. The number of rotatable bonds is 2. The van der Waals surface area contributed by atoms with Crippen molar-refractivity contribution < 1.29 is 4.92 Å². The molecule has 17 heavy (non-hydrogen) atoms. The van der Waals surface area contributed by atoms with Gasteiger partial charge >= 0.3 is 5.69 Å². The van der Waals surface area contributed by atoms with Gasteiger partial charge in [0.1, 0.15) is 0 Å². The van der Waals surface area contributed by atoms with E-state index in [0.717, 1.165) is 9.36 Å². The zero-order chi connectivity index (χ0) is 12.6. The Bertz CT molecular complexity index is 647. The zero-order valence-corrected chi connectivity index (χ0v) is 10.2. The molecule has 2 rings (SSSR count). The summed E-state index contributed by atoms with van der Waals surface area (Å²) in [5.74, 6) is 0. The number of benzene rings is 1. The van der Waals surface area contributed by atoms with Crippen LogP contribution in [-0.4, -0.2) is 24.7 Å². The van der Waals surface area contributed by atoms with Gasteiger partial charge in [-0.05, 0) is 32.4 Å². The minimum Gasteiger partial charge on any atom is -0.258 e. The monoisotopic (exact) mass is 299 g/mol. The Morgan fingerprint density at radius 2 is 2.12 bits per heavy atom. The van der Waals surface area contributed by atoms with Gasteiger partial charge in [-0.25, -0.2) is 4.79 Å². The lowest BCUT2D eigenvalue weighted by molar-refractivity contribution is -0.384. The number of nitro groups is 1. The third kappa shape index (κ3) is 1.96. The van der Waals surface area contributed by atoms with E-state index in [1.165, 1.54) is 25.2 Å². The standard InChI is InChI=1S/C8H6BrN5O3/c1-12-8(15)13(11-10-12)7-4-5(14(16)17)2-3-6(7)9/h2-4H,1H3. The molecule has 0 N–H and O–H groups in total. The number of non-ortho nitro benzene ring substituents is 1. The van der Waals surface area contributed by atoms with Crippen LogP contribution in [-0.2, 0) is 7.05 Å². The lowest BCUT2D eigenvalue weighted by atomic mass is 10.3. The fourth-order valence-corrected chi connectivity index (χ4v) is 1.66. The van der Waals surface area contributed by atoms with Gasteiger partial charge in [-0.1, -0.05) is 0 Å². The number of nitrogens with zero attached hydrogens (tertiary/aromatic N) is 5. The third-order valence-electron chi connectivity index (χ3n) is 2.09. The molecule has 0 aliphatic carbocycles. The minimum absolute atomic E-state index is 0.124. The van der Waals surface area contributed by atoms with Crippen molar-refractivity contribution in [3.63, 3.8) is 0 Å². The van der Waals surface area contributed by atoms with Gasteiger partial charge in [0, 0.05) is 23.7 Å². The average molecular weight is 300 g/mol. The fraction of sp³-hybridized carbons (Fsp3) is 0.125. The highest BCUT2D eigenvalue weighted by molar-refractivity contribution is 9.10. The first-order valence-corrected chi connectivity index (χ1v) is 5.23. The number of aryl methyl sites for hydroxylation is 1. The first-order chi connectivity index (χ1) is 8.00. The first kappa shape index (κ1) is 11.5. The summed E-state index contributed by atoms with van der Waals surface area (Å²) in [7, 11) is 1.44. The Kier molecular flexibility index (Phi) is 2.76. The Labute approximate surface area is 103 Å². The highest BCUT2D eigenvalue weighted by Crippen LogP contribution is 2.24. The Morgan fingerprint density at radius 3 is 2.65 bits per heavy atom. The molecule has 0 bridgehead atoms. The molecular weight excluding hydrogens is 294 g/mol. The maximum atomic E-state index is 11.6. The number of tetrazole rings is 1. The summed E-state index contributed by atoms with van der Waals surface area (Å²) in [6.45, 7) is 0. The summed E-state index contributed by atoms with van der Waals surface area (Å²) >= 11 is 3.20. The molecule has 9 heteroatoms. The van der Waals surface area contributed by atoms with Crippen molar-refractivity contribution in [2.75, 3.05) is 0 Å². The van der Waals surface area contributed by atoms with Crippen molar-refractivity contribution in [1.82, 2.24) is 19.8 Å². The van der Waals surface area contributed by atoms with Crippen molar-refractivity contribution in [3.8, 4) is 5.69 Å². The van der Waals surface area contributed by atoms with E-state index in [1.807, 2.05) is 0 Å². The molecule has 1 heterocycles. The molecule has 2 aromatic rings. The van der Waals surface area contributed by atoms with Gasteiger partial charge in [-0.2, -0.15) is 9.36 Å². The molecule has 0 atom stereocenters. The Morgan fingerprint density at radius 1 is 1.41 bits per heavy atom. The van der Waals surface area contributed by atoms with E-state index >= 15 is 0 Å². The molecule has 0 aliphatic rings. The van der Waals surface area contributed by atoms with Crippen LogP contribution in [0.2, 0.25) is 0 Å². The van der Waals surface area contributed by atoms with E-state index in [4.69, 9.17) is 0 Å². The number of nitro benzene ring substituents is 1. The molecular formula is C8H6BrN5O3. The molecule has 0 radical (unpaired) electrons. The smallest absolute Gasteiger partial charge is 0.258 e. The molecule has 0 saturated carbocycles. The topological polar surface area (TPSA) is 95.8 Å². The van der Waals surface area contributed by atoms with Gasteiger partial charge in [-0.15, -0.1) is 0 Å². The second-order valence-corrected chi connectivity index (χ2v) is 4.04. The van der Waals surface area contributed by atoms with Gasteiger partial charge in [0.05, 0.1) is 10.6 Å². The van der Waals surface area contributed by atoms with E-state index in [2.05, 4.69) is 26.4 Å².